The van der Waals surface area contributed by atoms with E-state index in [0.29, 0.717) is 5.92 Å². The van der Waals surface area contributed by atoms with Crippen LogP contribution in [0.2, 0.25) is 0 Å². The molecule has 0 spiro atoms. The van der Waals surface area contributed by atoms with Gasteiger partial charge in [-0.1, -0.05) is 6.92 Å². The second-order valence-electron chi connectivity index (χ2n) is 6.23. The molecule has 0 amide bonds. The minimum Gasteiger partial charge on any atom is -0.393 e. The van der Waals surface area contributed by atoms with Crippen LogP contribution in [0, 0.1) is 11.8 Å². The zero-order chi connectivity index (χ0) is 11.8. The molecule has 4 unspecified atom stereocenters. The minimum absolute atomic E-state index is 0.123. The van der Waals surface area contributed by atoms with E-state index >= 15 is 0 Å². The molecule has 2 aliphatic rings. The monoisotopic (exact) mass is 227 g/mol. The number of aliphatic hydroxyl groups excluding tert-OH is 1. The van der Waals surface area contributed by atoms with E-state index in [0.717, 1.165) is 51.2 Å². The summed E-state index contributed by atoms with van der Waals surface area (Å²) in [6.07, 6.45) is 4.00. The first-order valence-electron chi connectivity index (χ1n) is 6.59. The van der Waals surface area contributed by atoms with E-state index in [1.807, 2.05) is 6.92 Å². The molecule has 3 nitrogen and oxygen atoms in total. The van der Waals surface area contributed by atoms with Gasteiger partial charge in [-0.15, -0.1) is 0 Å². The molecule has 0 bridgehead atoms. The van der Waals surface area contributed by atoms with Gasteiger partial charge >= 0.3 is 0 Å². The molecule has 2 rings (SSSR count). The molecule has 1 aliphatic carbocycles. The van der Waals surface area contributed by atoms with Gasteiger partial charge in [0.25, 0.3) is 0 Å². The molecule has 2 N–H and O–H groups in total. The third-order valence-corrected chi connectivity index (χ3v) is 4.23. The van der Waals surface area contributed by atoms with Gasteiger partial charge in [0.15, 0.2) is 0 Å². The van der Waals surface area contributed by atoms with Gasteiger partial charge in [-0.25, -0.2) is 0 Å². The Labute approximate surface area is 98.5 Å². The molecular formula is C13H25NO2. The van der Waals surface area contributed by atoms with Gasteiger partial charge in [0, 0.05) is 19.6 Å². The number of hydrogen-bond donors (Lipinski definition) is 2. The summed E-state index contributed by atoms with van der Waals surface area (Å²) in [5.74, 6) is 1.16. The van der Waals surface area contributed by atoms with Gasteiger partial charge < -0.3 is 15.1 Å². The van der Waals surface area contributed by atoms with Crippen LogP contribution in [0.4, 0.5) is 0 Å². The van der Waals surface area contributed by atoms with Gasteiger partial charge in [0.2, 0.25) is 0 Å². The average molecular weight is 227 g/mol. The summed E-state index contributed by atoms with van der Waals surface area (Å²) in [6, 6.07) is 0. The van der Waals surface area contributed by atoms with E-state index < -0.39 is 5.60 Å². The molecule has 1 aliphatic heterocycles. The van der Waals surface area contributed by atoms with E-state index in [1.165, 1.54) is 0 Å². The van der Waals surface area contributed by atoms with Crippen LogP contribution in [0.3, 0.4) is 0 Å². The zero-order valence-electron chi connectivity index (χ0n) is 10.5. The molecular weight excluding hydrogens is 202 g/mol. The predicted octanol–water partition coefficient (Wildman–Crippen LogP) is 1.24. The molecule has 1 heterocycles. The summed E-state index contributed by atoms with van der Waals surface area (Å²) in [7, 11) is 0. The van der Waals surface area contributed by atoms with Gasteiger partial charge in [0.05, 0.1) is 11.7 Å². The number of rotatable bonds is 2. The molecule has 0 radical (unpaired) electrons. The highest BCUT2D eigenvalue weighted by Gasteiger charge is 2.35. The molecule has 0 aromatic heterocycles. The summed E-state index contributed by atoms with van der Waals surface area (Å²) in [4.78, 5) is 2.31. The van der Waals surface area contributed by atoms with Crippen molar-refractivity contribution in [3.63, 3.8) is 0 Å². The van der Waals surface area contributed by atoms with Crippen LogP contribution in [0.25, 0.3) is 0 Å². The van der Waals surface area contributed by atoms with E-state index in [1.54, 1.807) is 0 Å². The standard InChI is InChI=1S/C13H25NO2/c1-10-3-4-12(15)11(7-10)8-14-6-5-13(2,16)9-14/h10-12,15-16H,3-9H2,1-2H3. The summed E-state index contributed by atoms with van der Waals surface area (Å²) in [6.45, 7) is 6.89. The lowest BCUT2D eigenvalue weighted by atomic mass is 9.80. The van der Waals surface area contributed by atoms with Gasteiger partial charge in [-0.05, 0) is 44.4 Å². The van der Waals surface area contributed by atoms with Crippen molar-refractivity contribution < 1.29 is 10.2 Å². The van der Waals surface area contributed by atoms with E-state index in [9.17, 15) is 10.2 Å². The van der Waals surface area contributed by atoms with Crippen molar-refractivity contribution in [3.8, 4) is 0 Å². The SMILES string of the molecule is CC1CCC(O)C(CN2CCC(C)(O)C2)C1. The van der Waals surface area contributed by atoms with E-state index in [-0.39, 0.29) is 6.10 Å². The maximum atomic E-state index is 9.99. The van der Waals surface area contributed by atoms with Crippen molar-refractivity contribution in [2.75, 3.05) is 19.6 Å². The third kappa shape index (κ3) is 2.96. The summed E-state index contributed by atoms with van der Waals surface area (Å²) in [5, 5.41) is 19.9. The van der Waals surface area contributed by atoms with Crippen LogP contribution in [0.1, 0.15) is 39.5 Å². The van der Waals surface area contributed by atoms with Crippen LogP contribution in [0.5, 0.6) is 0 Å². The lowest BCUT2D eigenvalue weighted by Gasteiger charge is -2.34. The molecule has 2 fully saturated rings. The second-order valence-corrected chi connectivity index (χ2v) is 6.23. The Bertz CT molecular complexity index is 242. The van der Waals surface area contributed by atoms with Crippen molar-refractivity contribution in [2.45, 2.75) is 51.2 Å². The molecule has 94 valence electrons. The zero-order valence-corrected chi connectivity index (χ0v) is 10.5. The summed E-state index contributed by atoms with van der Waals surface area (Å²) in [5.41, 5.74) is -0.509. The number of likely N-dealkylation sites (tertiary alicyclic amines) is 1. The van der Waals surface area contributed by atoms with Crippen molar-refractivity contribution in [1.82, 2.24) is 4.90 Å². The number of aliphatic hydroxyl groups is 2. The van der Waals surface area contributed by atoms with Gasteiger partial charge in [0.1, 0.15) is 0 Å². The molecule has 0 aromatic rings. The van der Waals surface area contributed by atoms with Crippen LogP contribution >= 0.6 is 0 Å². The molecule has 0 aromatic carbocycles. The molecule has 1 saturated heterocycles. The number of nitrogens with zero attached hydrogens (tertiary/aromatic N) is 1. The summed E-state index contributed by atoms with van der Waals surface area (Å²) >= 11 is 0. The van der Waals surface area contributed by atoms with Crippen LogP contribution in [0.15, 0.2) is 0 Å². The van der Waals surface area contributed by atoms with E-state index in [2.05, 4.69) is 11.8 Å². The Kier molecular flexibility index (Phi) is 3.57. The molecule has 16 heavy (non-hydrogen) atoms. The first kappa shape index (κ1) is 12.3. The summed E-state index contributed by atoms with van der Waals surface area (Å²) < 4.78 is 0. The Hall–Kier alpha value is -0.120. The lowest BCUT2D eigenvalue weighted by Crippen LogP contribution is -2.39. The molecule has 4 atom stereocenters. The van der Waals surface area contributed by atoms with Gasteiger partial charge in [-0.3, -0.25) is 0 Å². The second kappa shape index (κ2) is 4.63. The number of β-amino-alcohol motifs (C(OH)–C–C–N with tert-alkyl or cyclic N) is 1. The smallest absolute Gasteiger partial charge is 0.0758 e. The van der Waals surface area contributed by atoms with Crippen molar-refractivity contribution in [1.29, 1.82) is 0 Å². The first-order valence-corrected chi connectivity index (χ1v) is 6.59. The first-order chi connectivity index (χ1) is 7.46. The average Bonchev–Trinajstić information content (AvgIpc) is 2.52. The van der Waals surface area contributed by atoms with Crippen molar-refractivity contribution >= 4 is 0 Å². The fourth-order valence-electron chi connectivity index (χ4n) is 3.21. The maximum Gasteiger partial charge on any atom is 0.0758 e. The fourth-order valence-corrected chi connectivity index (χ4v) is 3.21. The highest BCUT2D eigenvalue weighted by Crippen LogP contribution is 2.31. The highest BCUT2D eigenvalue weighted by atomic mass is 16.3. The van der Waals surface area contributed by atoms with Gasteiger partial charge in [-0.2, -0.15) is 0 Å². The lowest BCUT2D eigenvalue weighted by molar-refractivity contribution is 0.0245. The quantitative estimate of drug-likeness (QED) is 0.746. The van der Waals surface area contributed by atoms with Crippen molar-refractivity contribution in [2.24, 2.45) is 11.8 Å². The highest BCUT2D eigenvalue weighted by molar-refractivity contribution is 4.89. The predicted molar refractivity (Wildman–Crippen MR) is 64.2 cm³/mol. The fraction of sp³-hybridized carbons (Fsp3) is 1.00. The number of hydrogen-bond acceptors (Lipinski definition) is 3. The molecule has 3 heteroatoms. The minimum atomic E-state index is -0.509. The topological polar surface area (TPSA) is 43.7 Å². The Morgan fingerprint density at radius 2 is 2.12 bits per heavy atom. The van der Waals surface area contributed by atoms with Crippen LogP contribution in [-0.2, 0) is 0 Å². The van der Waals surface area contributed by atoms with Crippen LogP contribution < -0.4 is 0 Å². The van der Waals surface area contributed by atoms with Crippen LogP contribution in [-0.4, -0.2) is 46.5 Å². The Morgan fingerprint density at radius 1 is 1.38 bits per heavy atom. The Morgan fingerprint density at radius 3 is 2.75 bits per heavy atom. The van der Waals surface area contributed by atoms with E-state index in [4.69, 9.17) is 0 Å². The third-order valence-electron chi connectivity index (χ3n) is 4.23. The normalized spacial score (nSPS) is 46.1. The molecule has 1 saturated carbocycles. The largest absolute Gasteiger partial charge is 0.393 e. The maximum absolute atomic E-state index is 9.99. The van der Waals surface area contributed by atoms with Crippen molar-refractivity contribution in [3.05, 3.63) is 0 Å². The Balaban J connectivity index is 1.84.